The Balaban J connectivity index is 2.24. The second-order valence-corrected chi connectivity index (χ2v) is 3.90. The van der Waals surface area contributed by atoms with Gasteiger partial charge in [0.05, 0.1) is 24.1 Å². The number of allylic oxidation sites excluding steroid dienone is 1. The molecule has 0 amide bonds. The Morgan fingerprint density at radius 3 is 2.95 bits per heavy atom. The number of nitriles is 2. The molecular formula is C13H14N4O2. The first kappa shape index (κ1) is 14.5. The summed E-state index contributed by atoms with van der Waals surface area (Å²) in [5.74, 6) is -0.307. The second-order valence-electron chi connectivity index (χ2n) is 3.90. The number of nitrogens with one attached hydrogen (secondary N) is 1. The maximum atomic E-state index is 10.9. The summed E-state index contributed by atoms with van der Waals surface area (Å²) in [4.78, 5) is 10.9. The van der Waals surface area contributed by atoms with Crippen LogP contribution in [-0.2, 0) is 16.0 Å². The lowest BCUT2D eigenvalue weighted by Crippen LogP contribution is -1.97. The molecule has 0 aliphatic heterocycles. The lowest BCUT2D eigenvalue weighted by atomic mass is 10.1. The van der Waals surface area contributed by atoms with Gasteiger partial charge >= 0.3 is 0 Å². The Hall–Kier alpha value is -2.60. The summed E-state index contributed by atoms with van der Waals surface area (Å²) in [6, 6.07) is 3.82. The first-order valence-electron chi connectivity index (χ1n) is 5.84. The van der Waals surface area contributed by atoms with Crippen molar-refractivity contribution in [2.24, 2.45) is 0 Å². The van der Waals surface area contributed by atoms with Gasteiger partial charge in [-0.05, 0) is 26.2 Å². The van der Waals surface area contributed by atoms with Crippen LogP contribution in [0.15, 0.2) is 18.0 Å². The van der Waals surface area contributed by atoms with E-state index in [1.165, 1.54) is 19.4 Å². The van der Waals surface area contributed by atoms with Gasteiger partial charge in [0.1, 0.15) is 24.0 Å². The predicted octanol–water partition coefficient (Wildman–Crippen LogP) is 1.62. The fraction of sp³-hybridized carbons (Fsp3) is 0.385. The highest BCUT2D eigenvalue weighted by Gasteiger charge is 2.04. The third-order valence-corrected chi connectivity index (χ3v) is 2.48. The fourth-order valence-electron chi connectivity index (χ4n) is 1.42. The van der Waals surface area contributed by atoms with Gasteiger partial charge in [-0.3, -0.25) is 9.89 Å². The number of aryl methyl sites for hydroxylation is 1. The Morgan fingerprint density at radius 1 is 1.53 bits per heavy atom. The van der Waals surface area contributed by atoms with Crippen molar-refractivity contribution in [3.05, 3.63) is 29.3 Å². The molecule has 0 saturated carbocycles. The van der Waals surface area contributed by atoms with Crippen molar-refractivity contribution in [1.82, 2.24) is 10.2 Å². The van der Waals surface area contributed by atoms with Crippen molar-refractivity contribution >= 4 is 5.78 Å². The first-order chi connectivity index (χ1) is 9.19. The zero-order chi connectivity index (χ0) is 14.1. The highest BCUT2D eigenvalue weighted by Crippen LogP contribution is 2.07. The van der Waals surface area contributed by atoms with Gasteiger partial charge in [0.15, 0.2) is 5.78 Å². The van der Waals surface area contributed by atoms with Crippen LogP contribution in [0.3, 0.4) is 0 Å². The van der Waals surface area contributed by atoms with Crippen molar-refractivity contribution in [3.63, 3.8) is 0 Å². The monoisotopic (exact) mass is 258 g/mol. The molecule has 0 spiro atoms. The van der Waals surface area contributed by atoms with Crippen LogP contribution in [-0.4, -0.2) is 22.6 Å². The number of hydrogen-bond acceptors (Lipinski definition) is 5. The molecule has 19 heavy (non-hydrogen) atoms. The topological polar surface area (TPSA) is 103 Å². The molecule has 0 aliphatic rings. The molecule has 1 N–H and O–H groups in total. The maximum absolute atomic E-state index is 10.9. The van der Waals surface area contributed by atoms with E-state index in [2.05, 4.69) is 16.3 Å². The second kappa shape index (κ2) is 7.67. The molecule has 1 heterocycles. The summed E-state index contributed by atoms with van der Waals surface area (Å²) in [6.07, 6.45) is 5.00. The lowest BCUT2D eigenvalue weighted by molar-refractivity contribution is -0.113. The number of rotatable bonds is 7. The summed E-state index contributed by atoms with van der Waals surface area (Å²) in [7, 11) is 0. The van der Waals surface area contributed by atoms with Crippen LogP contribution in [0, 0.1) is 22.7 Å². The van der Waals surface area contributed by atoms with Crippen LogP contribution < -0.4 is 0 Å². The van der Waals surface area contributed by atoms with E-state index < -0.39 is 0 Å². The van der Waals surface area contributed by atoms with E-state index in [-0.39, 0.29) is 11.4 Å². The van der Waals surface area contributed by atoms with Gasteiger partial charge in [-0.25, -0.2) is 0 Å². The van der Waals surface area contributed by atoms with Gasteiger partial charge in [-0.15, -0.1) is 0 Å². The number of carbonyl (C=O) groups is 1. The van der Waals surface area contributed by atoms with E-state index in [0.717, 1.165) is 18.5 Å². The SMILES string of the molecule is CC(=O)C(C#N)=COCCCCc1[nH]ncc1C#N. The van der Waals surface area contributed by atoms with E-state index in [9.17, 15) is 4.79 Å². The van der Waals surface area contributed by atoms with E-state index >= 15 is 0 Å². The molecule has 1 aromatic heterocycles. The molecule has 0 fully saturated rings. The summed E-state index contributed by atoms with van der Waals surface area (Å²) in [5, 5.41) is 24.0. The number of H-pyrrole nitrogens is 1. The molecule has 0 atom stereocenters. The number of ether oxygens (including phenoxy) is 1. The normalized spacial score (nSPS) is 10.6. The van der Waals surface area contributed by atoms with Crippen LogP contribution >= 0.6 is 0 Å². The van der Waals surface area contributed by atoms with Crippen LogP contribution in [0.2, 0.25) is 0 Å². The maximum Gasteiger partial charge on any atom is 0.173 e. The Labute approximate surface area is 111 Å². The molecule has 0 unspecified atom stereocenters. The number of nitrogens with zero attached hydrogens (tertiary/aromatic N) is 3. The Morgan fingerprint density at radius 2 is 2.32 bits per heavy atom. The molecule has 6 heteroatoms. The average Bonchev–Trinajstić information content (AvgIpc) is 2.84. The van der Waals surface area contributed by atoms with Crippen molar-refractivity contribution < 1.29 is 9.53 Å². The summed E-state index contributed by atoms with van der Waals surface area (Å²) < 4.78 is 5.13. The van der Waals surface area contributed by atoms with Gasteiger partial charge in [0, 0.05) is 0 Å². The molecule has 0 bridgehead atoms. The Kier molecular flexibility index (Phi) is 5.84. The fourth-order valence-corrected chi connectivity index (χ4v) is 1.42. The zero-order valence-corrected chi connectivity index (χ0v) is 10.6. The van der Waals surface area contributed by atoms with E-state index in [1.807, 2.05) is 0 Å². The van der Waals surface area contributed by atoms with Crippen molar-refractivity contribution in [1.29, 1.82) is 10.5 Å². The van der Waals surface area contributed by atoms with Gasteiger partial charge in [0.2, 0.25) is 0 Å². The number of unbranched alkanes of at least 4 members (excludes halogenated alkanes) is 1. The van der Waals surface area contributed by atoms with Gasteiger partial charge < -0.3 is 4.74 Å². The highest BCUT2D eigenvalue weighted by molar-refractivity contribution is 5.96. The van der Waals surface area contributed by atoms with Gasteiger partial charge in [0.25, 0.3) is 0 Å². The Bertz CT molecular complexity index is 546. The van der Waals surface area contributed by atoms with Crippen LogP contribution in [0.4, 0.5) is 0 Å². The highest BCUT2D eigenvalue weighted by atomic mass is 16.5. The first-order valence-corrected chi connectivity index (χ1v) is 5.84. The molecule has 0 saturated heterocycles. The molecule has 0 radical (unpaired) electrons. The summed E-state index contributed by atoms with van der Waals surface area (Å²) in [6.45, 7) is 1.74. The van der Waals surface area contributed by atoms with E-state index in [0.29, 0.717) is 18.6 Å². The number of carbonyl (C=O) groups excluding carboxylic acids is 1. The van der Waals surface area contributed by atoms with E-state index in [1.54, 1.807) is 6.07 Å². The van der Waals surface area contributed by atoms with Crippen LogP contribution in [0.5, 0.6) is 0 Å². The largest absolute Gasteiger partial charge is 0.500 e. The third kappa shape index (κ3) is 4.64. The molecule has 6 nitrogen and oxygen atoms in total. The smallest absolute Gasteiger partial charge is 0.173 e. The summed E-state index contributed by atoms with van der Waals surface area (Å²) in [5.41, 5.74) is 1.39. The van der Waals surface area contributed by atoms with E-state index in [4.69, 9.17) is 15.3 Å². The quantitative estimate of drug-likeness (QED) is 0.346. The predicted molar refractivity (Wildman–Crippen MR) is 66.6 cm³/mol. The number of hydrogen-bond donors (Lipinski definition) is 1. The molecule has 0 aliphatic carbocycles. The minimum absolute atomic E-state index is 0.0142. The van der Waals surface area contributed by atoms with Crippen molar-refractivity contribution in [3.8, 4) is 12.1 Å². The minimum Gasteiger partial charge on any atom is -0.500 e. The molecular weight excluding hydrogens is 244 g/mol. The number of aromatic amines is 1. The molecule has 0 aromatic carbocycles. The summed E-state index contributed by atoms with van der Waals surface area (Å²) >= 11 is 0. The van der Waals surface area contributed by atoms with Crippen LogP contribution in [0.25, 0.3) is 0 Å². The average molecular weight is 258 g/mol. The standard InChI is InChI=1S/C13H14N4O2/c1-10(18)12(7-15)9-19-5-3-2-4-13-11(6-14)8-16-17-13/h8-9H,2-5H2,1H3,(H,16,17). The van der Waals surface area contributed by atoms with Gasteiger partial charge in [-0.1, -0.05) is 0 Å². The third-order valence-electron chi connectivity index (χ3n) is 2.48. The number of ketones is 1. The van der Waals surface area contributed by atoms with Crippen molar-refractivity contribution in [2.45, 2.75) is 26.2 Å². The molecule has 98 valence electrons. The lowest BCUT2D eigenvalue weighted by Gasteiger charge is -2.01. The van der Waals surface area contributed by atoms with Crippen LogP contribution in [0.1, 0.15) is 31.0 Å². The molecule has 1 rings (SSSR count). The number of aromatic nitrogens is 2. The molecule has 1 aromatic rings. The zero-order valence-electron chi connectivity index (χ0n) is 10.6. The number of Topliss-reactive ketones (excluding diaryl/α,β-unsaturated/α-hetero) is 1. The van der Waals surface area contributed by atoms with Gasteiger partial charge in [-0.2, -0.15) is 15.6 Å². The van der Waals surface area contributed by atoms with Crippen molar-refractivity contribution in [2.75, 3.05) is 6.61 Å². The minimum atomic E-state index is -0.307.